The van der Waals surface area contributed by atoms with Crippen molar-refractivity contribution in [2.45, 2.75) is 18.9 Å². The third kappa shape index (κ3) is 2.79. The summed E-state index contributed by atoms with van der Waals surface area (Å²) in [5, 5.41) is 11.8. The highest BCUT2D eigenvalue weighted by Crippen LogP contribution is 2.40. The Morgan fingerprint density at radius 1 is 1.32 bits per heavy atom. The van der Waals surface area contributed by atoms with Crippen LogP contribution in [0.15, 0.2) is 12.1 Å². The van der Waals surface area contributed by atoms with E-state index >= 15 is 0 Å². The van der Waals surface area contributed by atoms with E-state index in [1.807, 2.05) is 0 Å². The van der Waals surface area contributed by atoms with Gasteiger partial charge in [-0.1, -0.05) is 0 Å². The Bertz CT molecular complexity index is 593. The molecule has 1 amide bonds. The van der Waals surface area contributed by atoms with Crippen LogP contribution in [-0.4, -0.2) is 43.3 Å². The molecule has 7 nitrogen and oxygen atoms in total. The van der Waals surface area contributed by atoms with Crippen LogP contribution < -0.4 is 19.5 Å². The molecule has 2 aliphatic rings. The zero-order valence-electron chi connectivity index (χ0n) is 12.1. The quantitative estimate of drug-likeness (QED) is 0.845. The molecule has 1 aromatic rings. The zero-order chi connectivity index (χ0) is 15.7. The highest BCUT2D eigenvalue weighted by molar-refractivity contribution is 5.98. The predicted octanol–water partition coefficient (Wildman–Crippen LogP) is 1.06. The maximum Gasteiger partial charge on any atom is 0.326 e. The number of nitrogens with one attached hydrogen (secondary N) is 1. The monoisotopic (exact) mass is 307 g/mol. The van der Waals surface area contributed by atoms with Gasteiger partial charge in [-0.25, -0.2) is 4.79 Å². The largest absolute Gasteiger partial charge is 0.493 e. The summed E-state index contributed by atoms with van der Waals surface area (Å²) >= 11 is 0. The van der Waals surface area contributed by atoms with Gasteiger partial charge in [0.2, 0.25) is 5.75 Å². The lowest BCUT2D eigenvalue weighted by Gasteiger charge is -2.21. The number of carbonyl (C=O) groups excluding carboxylic acids is 1. The van der Waals surface area contributed by atoms with Crippen molar-refractivity contribution in [1.29, 1.82) is 0 Å². The molecule has 1 aliphatic heterocycles. The summed E-state index contributed by atoms with van der Waals surface area (Å²) < 4.78 is 16.2. The minimum absolute atomic E-state index is 0.0144. The van der Waals surface area contributed by atoms with Gasteiger partial charge in [0.1, 0.15) is 19.3 Å². The molecular formula is C15H17NO6. The molecule has 7 heteroatoms. The SMILES string of the molecule is COc1cc(C(=O)NC(C(=O)O)C2CC2)cc2c1OCCO2. The summed E-state index contributed by atoms with van der Waals surface area (Å²) in [6, 6.07) is 2.21. The summed E-state index contributed by atoms with van der Waals surface area (Å²) in [6.07, 6.45) is 1.64. The number of carboxylic acid groups (broad SMARTS) is 1. The van der Waals surface area contributed by atoms with Crippen molar-refractivity contribution in [3.05, 3.63) is 17.7 Å². The maximum atomic E-state index is 12.3. The standard InChI is InChI=1S/C15H17NO6/c1-20-10-6-9(7-11-13(10)22-5-4-21-11)14(17)16-12(15(18)19)8-2-3-8/h6-8,12H,2-5H2,1H3,(H,16,17)(H,18,19). The second kappa shape index (κ2) is 5.75. The lowest BCUT2D eigenvalue weighted by atomic mass is 10.1. The third-order valence-corrected chi connectivity index (χ3v) is 3.74. The van der Waals surface area contributed by atoms with Gasteiger partial charge in [-0.05, 0) is 30.9 Å². The number of amides is 1. The van der Waals surface area contributed by atoms with Crippen molar-refractivity contribution in [3.8, 4) is 17.2 Å². The predicted molar refractivity (Wildman–Crippen MR) is 75.6 cm³/mol. The molecule has 1 unspecified atom stereocenters. The smallest absolute Gasteiger partial charge is 0.326 e. The Kier molecular flexibility index (Phi) is 3.79. The fraction of sp³-hybridized carbons (Fsp3) is 0.467. The molecule has 1 fully saturated rings. The molecule has 0 bridgehead atoms. The molecule has 0 saturated heterocycles. The number of hydrogen-bond acceptors (Lipinski definition) is 5. The van der Waals surface area contributed by atoms with Crippen LogP contribution in [0.3, 0.4) is 0 Å². The average Bonchev–Trinajstić information content (AvgIpc) is 3.35. The van der Waals surface area contributed by atoms with Crippen LogP contribution in [0.1, 0.15) is 23.2 Å². The first-order chi connectivity index (χ1) is 10.6. The third-order valence-electron chi connectivity index (χ3n) is 3.74. The number of carbonyl (C=O) groups is 2. The Morgan fingerprint density at radius 2 is 2.05 bits per heavy atom. The Labute approximate surface area is 127 Å². The van der Waals surface area contributed by atoms with Gasteiger partial charge in [0.05, 0.1) is 7.11 Å². The number of fused-ring (bicyclic) bond motifs is 1. The minimum atomic E-state index is -1.01. The molecule has 0 radical (unpaired) electrons. The van der Waals surface area contributed by atoms with Gasteiger partial charge in [0.25, 0.3) is 5.91 Å². The van der Waals surface area contributed by atoms with Crippen LogP contribution in [0.25, 0.3) is 0 Å². The molecule has 2 N–H and O–H groups in total. The van der Waals surface area contributed by atoms with Crippen molar-refractivity contribution >= 4 is 11.9 Å². The summed E-state index contributed by atoms with van der Waals surface area (Å²) in [7, 11) is 1.47. The Hall–Kier alpha value is -2.44. The molecule has 1 atom stereocenters. The zero-order valence-corrected chi connectivity index (χ0v) is 12.1. The molecule has 22 heavy (non-hydrogen) atoms. The maximum absolute atomic E-state index is 12.3. The number of ether oxygens (including phenoxy) is 3. The fourth-order valence-corrected chi connectivity index (χ4v) is 2.44. The first-order valence-corrected chi connectivity index (χ1v) is 7.11. The van der Waals surface area contributed by atoms with Crippen LogP contribution >= 0.6 is 0 Å². The van der Waals surface area contributed by atoms with E-state index in [9.17, 15) is 14.7 Å². The minimum Gasteiger partial charge on any atom is -0.493 e. The van der Waals surface area contributed by atoms with E-state index in [2.05, 4.69) is 5.32 Å². The van der Waals surface area contributed by atoms with Gasteiger partial charge < -0.3 is 24.6 Å². The van der Waals surface area contributed by atoms with Crippen molar-refractivity contribution in [3.63, 3.8) is 0 Å². The molecule has 1 aliphatic carbocycles. The molecule has 1 saturated carbocycles. The number of methoxy groups -OCH3 is 1. The van der Waals surface area contributed by atoms with E-state index in [1.54, 1.807) is 0 Å². The molecule has 1 heterocycles. The first-order valence-electron chi connectivity index (χ1n) is 7.11. The van der Waals surface area contributed by atoms with E-state index < -0.39 is 17.9 Å². The Morgan fingerprint density at radius 3 is 2.68 bits per heavy atom. The fourth-order valence-electron chi connectivity index (χ4n) is 2.44. The Balaban J connectivity index is 1.84. The van der Waals surface area contributed by atoms with E-state index in [1.165, 1.54) is 19.2 Å². The summed E-state index contributed by atoms with van der Waals surface area (Å²) in [4.78, 5) is 23.5. The number of benzene rings is 1. The highest BCUT2D eigenvalue weighted by atomic mass is 16.6. The number of hydrogen-bond donors (Lipinski definition) is 2. The normalized spacial score (nSPS) is 17.5. The lowest BCUT2D eigenvalue weighted by Crippen LogP contribution is -2.42. The number of rotatable bonds is 5. The molecule has 0 aromatic heterocycles. The molecule has 0 spiro atoms. The topological polar surface area (TPSA) is 94.1 Å². The van der Waals surface area contributed by atoms with Crippen LogP contribution in [0, 0.1) is 5.92 Å². The summed E-state index contributed by atoms with van der Waals surface area (Å²) in [6.45, 7) is 0.804. The average molecular weight is 307 g/mol. The van der Waals surface area contributed by atoms with Gasteiger partial charge in [0.15, 0.2) is 11.5 Å². The van der Waals surface area contributed by atoms with Gasteiger partial charge in [-0.15, -0.1) is 0 Å². The van der Waals surface area contributed by atoms with Crippen LogP contribution in [0.4, 0.5) is 0 Å². The second-order valence-electron chi connectivity index (χ2n) is 5.33. The van der Waals surface area contributed by atoms with Gasteiger partial charge in [0, 0.05) is 5.56 Å². The van der Waals surface area contributed by atoms with Gasteiger partial charge >= 0.3 is 5.97 Å². The summed E-state index contributed by atoms with van der Waals surface area (Å²) in [5.41, 5.74) is 0.285. The van der Waals surface area contributed by atoms with Crippen LogP contribution in [0.2, 0.25) is 0 Å². The van der Waals surface area contributed by atoms with E-state index in [0.717, 1.165) is 12.8 Å². The molecular weight excluding hydrogens is 290 g/mol. The van der Waals surface area contributed by atoms with E-state index in [0.29, 0.717) is 30.5 Å². The molecule has 1 aromatic carbocycles. The molecule has 3 rings (SSSR count). The van der Waals surface area contributed by atoms with E-state index in [4.69, 9.17) is 14.2 Å². The van der Waals surface area contributed by atoms with Crippen molar-refractivity contribution < 1.29 is 28.9 Å². The van der Waals surface area contributed by atoms with Crippen molar-refractivity contribution in [1.82, 2.24) is 5.32 Å². The van der Waals surface area contributed by atoms with E-state index in [-0.39, 0.29) is 11.5 Å². The summed E-state index contributed by atoms with van der Waals surface area (Å²) in [5.74, 6) is -0.188. The van der Waals surface area contributed by atoms with Gasteiger partial charge in [-0.2, -0.15) is 0 Å². The van der Waals surface area contributed by atoms with Crippen molar-refractivity contribution in [2.24, 2.45) is 5.92 Å². The van der Waals surface area contributed by atoms with Crippen LogP contribution in [0.5, 0.6) is 17.2 Å². The van der Waals surface area contributed by atoms with Crippen molar-refractivity contribution in [2.75, 3.05) is 20.3 Å². The van der Waals surface area contributed by atoms with Crippen LogP contribution in [-0.2, 0) is 4.79 Å². The van der Waals surface area contributed by atoms with Gasteiger partial charge in [-0.3, -0.25) is 4.79 Å². The first kappa shape index (κ1) is 14.5. The molecule has 118 valence electrons. The highest BCUT2D eigenvalue weighted by Gasteiger charge is 2.37. The second-order valence-corrected chi connectivity index (χ2v) is 5.33. The number of aliphatic carboxylic acids is 1. The lowest BCUT2D eigenvalue weighted by molar-refractivity contribution is -0.139. The number of carboxylic acids is 1.